The average Bonchev–Trinajstić information content (AvgIpc) is 2.68. The number of nitrogens with zero attached hydrogens (tertiary/aromatic N) is 2. The first-order valence-electron chi connectivity index (χ1n) is 6.33. The van der Waals surface area contributed by atoms with Crippen LogP contribution in [0.25, 0.3) is 0 Å². The van der Waals surface area contributed by atoms with Crippen molar-refractivity contribution in [3.8, 4) is 5.75 Å². The normalized spacial score (nSPS) is 13.2. The molecular weight excluding hydrogens is 283 g/mol. The number of aryl methyl sites for hydroxylation is 2. The number of nitrogens with one attached hydrogen (secondary N) is 1. The molecule has 7 heteroatoms. The van der Waals surface area contributed by atoms with Gasteiger partial charge in [0.15, 0.2) is 0 Å². The molecule has 0 bridgehead atoms. The van der Waals surface area contributed by atoms with Gasteiger partial charge in [-0.05, 0) is 31.7 Å². The van der Waals surface area contributed by atoms with Crippen LogP contribution in [-0.4, -0.2) is 23.2 Å². The first-order chi connectivity index (χ1) is 9.80. The molecule has 4 nitrogen and oxygen atoms in total. The lowest BCUT2D eigenvalue weighted by Gasteiger charge is -2.17. The van der Waals surface area contributed by atoms with E-state index in [-0.39, 0.29) is 11.8 Å². The molecule has 0 fully saturated rings. The SMILES string of the molecule is CNC(c1cccc(OC(F)(F)F)c1)c1cn(C)nc1C. The summed E-state index contributed by atoms with van der Waals surface area (Å²) in [5.74, 6) is -0.234. The van der Waals surface area contributed by atoms with Gasteiger partial charge in [0.25, 0.3) is 0 Å². The molecule has 1 unspecified atom stereocenters. The highest BCUT2D eigenvalue weighted by Crippen LogP contribution is 2.29. The molecule has 1 heterocycles. The predicted octanol–water partition coefficient (Wildman–Crippen LogP) is 2.94. The van der Waals surface area contributed by atoms with Crippen molar-refractivity contribution in [3.05, 3.63) is 47.3 Å². The lowest BCUT2D eigenvalue weighted by molar-refractivity contribution is -0.274. The molecule has 0 aliphatic heterocycles. The molecule has 114 valence electrons. The van der Waals surface area contributed by atoms with Crippen molar-refractivity contribution in [1.29, 1.82) is 0 Å². The highest BCUT2D eigenvalue weighted by atomic mass is 19.4. The minimum Gasteiger partial charge on any atom is -0.406 e. The molecule has 0 saturated heterocycles. The zero-order valence-corrected chi connectivity index (χ0v) is 11.9. The van der Waals surface area contributed by atoms with Crippen LogP contribution < -0.4 is 10.1 Å². The highest BCUT2D eigenvalue weighted by molar-refractivity contribution is 5.37. The van der Waals surface area contributed by atoms with E-state index in [0.29, 0.717) is 5.56 Å². The summed E-state index contributed by atoms with van der Waals surface area (Å²) in [4.78, 5) is 0. The van der Waals surface area contributed by atoms with Crippen LogP contribution in [0.3, 0.4) is 0 Å². The van der Waals surface area contributed by atoms with Crippen molar-refractivity contribution < 1.29 is 17.9 Å². The van der Waals surface area contributed by atoms with Crippen molar-refractivity contribution >= 4 is 0 Å². The smallest absolute Gasteiger partial charge is 0.406 e. The summed E-state index contributed by atoms with van der Waals surface area (Å²) in [7, 11) is 3.54. The summed E-state index contributed by atoms with van der Waals surface area (Å²) in [6, 6.07) is 5.68. The molecule has 2 aromatic rings. The number of aromatic nitrogens is 2. The Morgan fingerprint density at radius 2 is 2.05 bits per heavy atom. The number of alkyl halides is 3. The van der Waals surface area contributed by atoms with Gasteiger partial charge in [0, 0.05) is 18.8 Å². The van der Waals surface area contributed by atoms with Gasteiger partial charge in [0.2, 0.25) is 0 Å². The van der Waals surface area contributed by atoms with E-state index < -0.39 is 6.36 Å². The second kappa shape index (κ2) is 5.77. The third kappa shape index (κ3) is 3.75. The maximum absolute atomic E-state index is 12.3. The number of rotatable bonds is 4. The fraction of sp³-hybridized carbons (Fsp3) is 0.357. The topological polar surface area (TPSA) is 39.1 Å². The monoisotopic (exact) mass is 299 g/mol. The fourth-order valence-corrected chi connectivity index (χ4v) is 2.29. The molecule has 0 saturated carbocycles. The van der Waals surface area contributed by atoms with Crippen LogP contribution in [0.4, 0.5) is 13.2 Å². The maximum atomic E-state index is 12.3. The van der Waals surface area contributed by atoms with Crippen LogP contribution in [0.1, 0.15) is 22.9 Å². The molecule has 1 aromatic carbocycles. The average molecular weight is 299 g/mol. The Kier molecular flexibility index (Phi) is 4.22. The second-order valence-corrected chi connectivity index (χ2v) is 4.69. The van der Waals surface area contributed by atoms with Crippen LogP contribution in [0.5, 0.6) is 5.75 Å². The molecule has 0 amide bonds. The molecule has 1 atom stereocenters. The minimum atomic E-state index is -4.70. The van der Waals surface area contributed by atoms with Gasteiger partial charge < -0.3 is 10.1 Å². The van der Waals surface area contributed by atoms with Crippen molar-refractivity contribution in [2.75, 3.05) is 7.05 Å². The van der Waals surface area contributed by atoms with E-state index in [9.17, 15) is 13.2 Å². The zero-order chi connectivity index (χ0) is 15.6. The Bertz CT molecular complexity index is 622. The second-order valence-electron chi connectivity index (χ2n) is 4.69. The summed E-state index contributed by atoms with van der Waals surface area (Å²) >= 11 is 0. The molecule has 0 radical (unpaired) electrons. The van der Waals surface area contributed by atoms with Crippen LogP contribution in [0.15, 0.2) is 30.5 Å². The molecule has 1 N–H and O–H groups in total. The van der Waals surface area contributed by atoms with E-state index in [1.165, 1.54) is 18.2 Å². The van der Waals surface area contributed by atoms with E-state index in [0.717, 1.165) is 11.3 Å². The number of hydrogen-bond acceptors (Lipinski definition) is 3. The largest absolute Gasteiger partial charge is 0.573 e. The third-order valence-corrected chi connectivity index (χ3v) is 3.08. The number of ether oxygens (including phenoxy) is 1. The van der Waals surface area contributed by atoms with E-state index in [1.54, 1.807) is 24.8 Å². The van der Waals surface area contributed by atoms with Gasteiger partial charge in [0.05, 0.1) is 11.7 Å². The van der Waals surface area contributed by atoms with Crippen LogP contribution in [0.2, 0.25) is 0 Å². The summed E-state index contributed by atoms with van der Waals surface area (Å²) in [6.07, 6.45) is -2.86. The van der Waals surface area contributed by atoms with Crippen LogP contribution in [0, 0.1) is 6.92 Å². The summed E-state index contributed by atoms with van der Waals surface area (Å²) < 4.78 is 42.5. The van der Waals surface area contributed by atoms with Gasteiger partial charge in [0.1, 0.15) is 5.75 Å². The summed E-state index contributed by atoms with van der Waals surface area (Å²) in [6.45, 7) is 1.86. The van der Waals surface area contributed by atoms with Crippen molar-refractivity contribution in [3.63, 3.8) is 0 Å². The number of hydrogen-bond donors (Lipinski definition) is 1. The van der Waals surface area contributed by atoms with Gasteiger partial charge in [-0.1, -0.05) is 12.1 Å². The fourth-order valence-electron chi connectivity index (χ4n) is 2.29. The highest BCUT2D eigenvalue weighted by Gasteiger charge is 2.31. The third-order valence-electron chi connectivity index (χ3n) is 3.08. The van der Waals surface area contributed by atoms with Crippen LogP contribution >= 0.6 is 0 Å². The molecule has 21 heavy (non-hydrogen) atoms. The molecular formula is C14H16F3N3O. The number of halogens is 3. The Morgan fingerprint density at radius 3 is 2.57 bits per heavy atom. The van der Waals surface area contributed by atoms with E-state index in [1.807, 2.05) is 13.1 Å². The van der Waals surface area contributed by atoms with Gasteiger partial charge in [-0.3, -0.25) is 4.68 Å². The Balaban J connectivity index is 2.35. The summed E-state index contributed by atoms with van der Waals surface area (Å²) in [5, 5.41) is 7.34. The van der Waals surface area contributed by atoms with E-state index in [4.69, 9.17) is 0 Å². The first kappa shape index (κ1) is 15.4. The minimum absolute atomic E-state index is 0.234. The molecule has 0 aliphatic carbocycles. The predicted molar refractivity (Wildman–Crippen MR) is 72.0 cm³/mol. The Hall–Kier alpha value is -2.02. The summed E-state index contributed by atoms with van der Waals surface area (Å²) in [5.41, 5.74) is 2.40. The van der Waals surface area contributed by atoms with Gasteiger partial charge in [-0.15, -0.1) is 13.2 Å². The van der Waals surface area contributed by atoms with Crippen molar-refractivity contribution in [1.82, 2.24) is 15.1 Å². The zero-order valence-electron chi connectivity index (χ0n) is 11.9. The van der Waals surface area contributed by atoms with Gasteiger partial charge in [-0.2, -0.15) is 5.10 Å². The van der Waals surface area contributed by atoms with E-state index in [2.05, 4.69) is 15.2 Å². The quantitative estimate of drug-likeness (QED) is 0.943. The van der Waals surface area contributed by atoms with Crippen LogP contribution in [-0.2, 0) is 7.05 Å². The first-order valence-corrected chi connectivity index (χ1v) is 6.33. The lowest BCUT2D eigenvalue weighted by Crippen LogP contribution is -2.20. The van der Waals surface area contributed by atoms with Gasteiger partial charge in [-0.25, -0.2) is 0 Å². The van der Waals surface area contributed by atoms with Gasteiger partial charge >= 0.3 is 6.36 Å². The molecule has 1 aromatic heterocycles. The van der Waals surface area contributed by atoms with Crippen molar-refractivity contribution in [2.45, 2.75) is 19.3 Å². The Morgan fingerprint density at radius 1 is 1.33 bits per heavy atom. The molecule has 2 rings (SSSR count). The lowest BCUT2D eigenvalue weighted by atomic mass is 9.99. The Labute approximate surface area is 120 Å². The maximum Gasteiger partial charge on any atom is 0.573 e. The molecule has 0 spiro atoms. The van der Waals surface area contributed by atoms with E-state index >= 15 is 0 Å². The number of benzene rings is 1. The standard InChI is InChI=1S/C14H16F3N3O/c1-9-12(8-20(3)19-9)13(18-2)10-5-4-6-11(7-10)21-14(15,16)17/h4-8,13,18H,1-3H3. The molecule has 0 aliphatic rings. The van der Waals surface area contributed by atoms with Crippen molar-refractivity contribution in [2.24, 2.45) is 7.05 Å².